The first kappa shape index (κ1) is 82.6. The number of methoxy groups -OCH3 is 2. The van der Waals surface area contributed by atoms with Crippen LogP contribution in [0.3, 0.4) is 0 Å². The molecule has 6 rings (SSSR count). The Morgan fingerprint density at radius 2 is 0.926 bits per heavy atom. The maximum absolute atomic E-state index is 13.9. The Morgan fingerprint density at radius 3 is 1.27 bits per heavy atom. The van der Waals surface area contributed by atoms with Crippen molar-refractivity contribution >= 4 is 55.4 Å². The van der Waals surface area contributed by atoms with Gasteiger partial charge in [0.05, 0.1) is 72.5 Å². The van der Waals surface area contributed by atoms with Crippen LogP contribution in [0.15, 0.2) is 58.3 Å². The molecule has 0 radical (unpaired) electrons. The van der Waals surface area contributed by atoms with Gasteiger partial charge in [-0.25, -0.2) is 8.42 Å². The van der Waals surface area contributed by atoms with Crippen molar-refractivity contribution in [1.82, 2.24) is 10.6 Å². The molecule has 2 aromatic carbocycles. The summed E-state index contributed by atoms with van der Waals surface area (Å²) in [6.07, 6.45) is 0.205. The average Bonchev–Trinajstić information content (AvgIpc) is 1.66. The molecule has 4 saturated heterocycles. The zero-order valence-corrected chi connectivity index (χ0v) is 61.1. The first-order valence-electron chi connectivity index (χ1n) is 33.0. The lowest BCUT2D eigenvalue weighted by molar-refractivity contribution is -0.199. The van der Waals surface area contributed by atoms with E-state index < -0.39 is 108 Å². The van der Waals surface area contributed by atoms with E-state index in [1.807, 2.05) is 62.3 Å². The molecular weight excluding hydrogens is 1270 g/mol. The Morgan fingerprint density at radius 1 is 0.558 bits per heavy atom. The van der Waals surface area contributed by atoms with Gasteiger partial charge in [-0.15, -0.1) is 0 Å². The van der Waals surface area contributed by atoms with E-state index in [1.54, 1.807) is 64.1 Å². The third-order valence-corrected chi connectivity index (χ3v) is 21.5. The van der Waals surface area contributed by atoms with Crippen LogP contribution in [0.1, 0.15) is 147 Å². The SMILES string of the molecule is CC[C@H]1OC(=O)[C@H](C)C(=O)[C@H](C)[C@@H](OCOC)[C@](C)(OCCO)C[C@@H](C)CN[C@H](C)[C@H]2CC(=O)O[C@@]21C.CC[C@H]1OC(=O)[C@H](C)C(=O)[C@H](C)[C@@H](OCOC)[C@](C)(OCCOS(=O)(=O)c2ccc(C)cc2)C[C@@H](C)CN[C@H](C)[C@H]2CC(=O)O[C@@]21C.Cc1ccc(S(C)(=O)=O)cc1. The fourth-order valence-corrected chi connectivity index (χ4v) is 15.3. The highest BCUT2D eigenvalue weighted by Gasteiger charge is 2.57. The number of carbonyl (C=O) groups is 6. The van der Waals surface area contributed by atoms with E-state index in [0.29, 0.717) is 43.7 Å². The lowest BCUT2D eigenvalue weighted by atomic mass is 9.78. The normalized spacial score (nSPS) is 34.1. The topological polar surface area (TPSA) is 317 Å². The van der Waals surface area contributed by atoms with Gasteiger partial charge < -0.3 is 63.1 Å². The van der Waals surface area contributed by atoms with Crippen molar-refractivity contribution in [3.8, 4) is 0 Å². The summed E-state index contributed by atoms with van der Waals surface area (Å²) < 4.78 is 111. The third-order valence-electron chi connectivity index (χ3n) is 19.1. The van der Waals surface area contributed by atoms with Crippen molar-refractivity contribution < 1.29 is 102 Å². The molecule has 4 aliphatic rings. The summed E-state index contributed by atoms with van der Waals surface area (Å²) in [6.45, 7) is 29.6. The standard InChI is InChI=1S/C34H53NO11S.C27H47NO9.C8H10O2S/c1-10-28-34(8)27(17-29(36)46-34)25(6)35-19-22(3)18-33(7,31(42-20-41-9)23(4)30(37)24(5)32(38)45-28)43-15-16-44-47(39,40)26-13-11-21(2)12-14-26;1-9-21-27(7)20(12-22(30)37-27)19(5)28-14-16(2)13-26(6,35-11-10-29)24(34-15-33-8)17(3)23(31)18(4)25(32)36-21;1-7-3-5-8(6-4-7)11(2,9)10/h11-14,22-25,27-28,31,35H,10,15-20H2,1-9H3;16-21,24,28-29H,9-15H2,1-8H3;3-6H,1-2H3/t22-,23+,24-,25-,27-,28-,31-,33-,34+;16-,17+,18-,19-,20-,21-,24-,26-,27+;/m11./s1. The quantitative estimate of drug-likeness (QED) is 0.0323. The van der Waals surface area contributed by atoms with E-state index in [1.165, 1.54) is 46.5 Å². The van der Waals surface area contributed by atoms with Crippen LogP contribution in [0.2, 0.25) is 0 Å². The average molecular weight is 1380 g/mol. The van der Waals surface area contributed by atoms with Crippen molar-refractivity contribution in [2.24, 2.45) is 47.3 Å². The summed E-state index contributed by atoms with van der Waals surface area (Å²) in [5, 5.41) is 16.6. The molecule has 95 heavy (non-hydrogen) atoms. The number of ether oxygens (including phenoxy) is 10. The van der Waals surface area contributed by atoms with Gasteiger partial charge in [0.1, 0.15) is 37.6 Å². The van der Waals surface area contributed by atoms with E-state index in [9.17, 15) is 50.7 Å². The van der Waals surface area contributed by atoms with E-state index in [-0.39, 0.29) is 111 Å². The first-order chi connectivity index (χ1) is 44.3. The molecule has 4 fully saturated rings. The van der Waals surface area contributed by atoms with E-state index >= 15 is 0 Å². The predicted octanol–water partition coefficient (Wildman–Crippen LogP) is 7.61. The van der Waals surface area contributed by atoms with Crippen molar-refractivity contribution in [2.75, 3.05) is 73.6 Å². The van der Waals surface area contributed by atoms with Gasteiger partial charge >= 0.3 is 23.9 Å². The molecule has 0 aliphatic carbocycles. The molecule has 2 aromatic rings. The molecule has 0 amide bonds. The van der Waals surface area contributed by atoms with Gasteiger partial charge in [0.25, 0.3) is 10.1 Å². The highest BCUT2D eigenvalue weighted by Crippen LogP contribution is 2.44. The summed E-state index contributed by atoms with van der Waals surface area (Å²) in [5.41, 5.74) is -2.22. The molecule has 18 atom stereocenters. The minimum Gasteiger partial charge on any atom is -0.458 e. The van der Waals surface area contributed by atoms with Crippen LogP contribution < -0.4 is 10.6 Å². The number of ketones is 2. The highest BCUT2D eigenvalue weighted by atomic mass is 32.2. The van der Waals surface area contributed by atoms with Crippen LogP contribution in [-0.4, -0.2) is 190 Å². The zero-order chi connectivity index (χ0) is 71.6. The monoisotopic (exact) mass is 1380 g/mol. The number of aryl methyl sites for hydroxylation is 2. The smallest absolute Gasteiger partial charge is 0.316 e. The van der Waals surface area contributed by atoms with E-state index in [4.69, 9.17) is 51.6 Å². The van der Waals surface area contributed by atoms with Crippen LogP contribution in [0.4, 0.5) is 0 Å². The summed E-state index contributed by atoms with van der Waals surface area (Å²) in [6, 6.07) is 12.9. The van der Waals surface area contributed by atoms with E-state index in [2.05, 4.69) is 17.6 Å². The molecule has 3 N–H and O–H groups in total. The number of fused-ring (bicyclic) bond motifs is 2. The van der Waals surface area contributed by atoms with Gasteiger partial charge in [0.2, 0.25) is 0 Å². The third kappa shape index (κ3) is 22.1. The number of esters is 4. The Balaban J connectivity index is 0.000000354. The molecule has 4 aliphatic heterocycles. The van der Waals surface area contributed by atoms with Crippen LogP contribution in [0.5, 0.6) is 0 Å². The second-order valence-electron chi connectivity index (χ2n) is 27.2. The number of rotatable bonds is 18. The predicted molar refractivity (Wildman–Crippen MR) is 353 cm³/mol. The highest BCUT2D eigenvalue weighted by molar-refractivity contribution is 7.90. The number of Topliss-reactive ketones (excluding diaryl/α,β-unsaturated/α-hetero) is 2. The maximum Gasteiger partial charge on any atom is 0.316 e. The van der Waals surface area contributed by atoms with Crippen LogP contribution in [0, 0.1) is 61.2 Å². The van der Waals surface area contributed by atoms with Crippen LogP contribution in [-0.2, 0) is 100 Å². The molecule has 0 unspecified atom stereocenters. The lowest BCUT2D eigenvalue weighted by Gasteiger charge is -2.42. The van der Waals surface area contributed by atoms with Crippen molar-refractivity contribution in [1.29, 1.82) is 0 Å². The molecule has 26 heteroatoms. The zero-order valence-electron chi connectivity index (χ0n) is 59.4. The number of hydrogen-bond donors (Lipinski definition) is 3. The van der Waals surface area contributed by atoms with Crippen molar-refractivity contribution in [3.63, 3.8) is 0 Å². The molecule has 0 saturated carbocycles. The molecule has 0 aromatic heterocycles. The number of benzene rings is 2. The van der Waals surface area contributed by atoms with Gasteiger partial charge in [0, 0.05) is 56.2 Å². The minimum atomic E-state index is -4.02. The van der Waals surface area contributed by atoms with Gasteiger partial charge in [0.15, 0.2) is 32.6 Å². The summed E-state index contributed by atoms with van der Waals surface area (Å²) in [7, 11) is -4.09. The Hall–Kier alpha value is -4.84. The summed E-state index contributed by atoms with van der Waals surface area (Å²) in [4.78, 5) is 79.6. The number of cyclic esters (lactones) is 2. The summed E-state index contributed by atoms with van der Waals surface area (Å²) in [5.74, 6) is -7.14. The molecule has 540 valence electrons. The van der Waals surface area contributed by atoms with Gasteiger partial charge in [-0.3, -0.25) is 33.0 Å². The van der Waals surface area contributed by atoms with Crippen LogP contribution in [0.25, 0.3) is 0 Å². The molecule has 0 bridgehead atoms. The van der Waals surface area contributed by atoms with Gasteiger partial charge in [-0.05, 0) is 144 Å². The van der Waals surface area contributed by atoms with Gasteiger partial charge in [-0.2, -0.15) is 8.42 Å². The molecule has 0 spiro atoms. The van der Waals surface area contributed by atoms with E-state index in [0.717, 1.165) is 11.1 Å². The number of carbonyl (C=O) groups excluding carboxylic acids is 6. The van der Waals surface area contributed by atoms with Crippen LogP contribution >= 0.6 is 0 Å². The first-order valence-corrected chi connectivity index (χ1v) is 36.3. The number of aliphatic hydroxyl groups excluding tert-OH is 1. The second kappa shape index (κ2) is 36.3. The Labute approximate surface area is 564 Å². The largest absolute Gasteiger partial charge is 0.458 e. The maximum atomic E-state index is 13.9. The molecule has 24 nitrogen and oxygen atoms in total. The second-order valence-corrected chi connectivity index (χ2v) is 30.8. The number of hydrogen-bond acceptors (Lipinski definition) is 24. The number of sulfone groups is 1. The summed E-state index contributed by atoms with van der Waals surface area (Å²) >= 11 is 0. The molecular formula is C69H110N2O22S2. The number of nitrogens with one attached hydrogen (secondary N) is 2. The number of aliphatic hydroxyl groups is 1. The minimum absolute atomic E-state index is 0.0363. The fraction of sp³-hybridized carbons (Fsp3) is 0.739. The van der Waals surface area contributed by atoms with Gasteiger partial charge in [-0.1, -0.05) is 76.9 Å². The van der Waals surface area contributed by atoms with Crippen molar-refractivity contribution in [3.05, 3.63) is 59.7 Å². The lowest BCUT2D eigenvalue weighted by Crippen LogP contribution is -2.53. The Kier molecular flexibility index (Phi) is 31.6. The Bertz CT molecular complexity index is 3060. The van der Waals surface area contributed by atoms with Crippen molar-refractivity contribution in [2.45, 2.75) is 218 Å². The fourth-order valence-electron chi connectivity index (χ4n) is 13.8. The molecule has 4 heterocycles.